The fraction of sp³-hybridized carbons (Fsp3) is 0.727. The van der Waals surface area contributed by atoms with Crippen LogP contribution in [0.4, 0.5) is 0 Å². The molecule has 0 amide bonds. The standard InChI is InChI=1S/C22H30O4.K/c1-20-9-5-15(23)13-14(20)3-4-16-17(20)6-10-21(2)18(16)7-11-22(21,26)12-8-19(24)25;/h3-4,13,16-18,26H,5-12H2,1-2H3,(H,24,25);/q;+1/p-1/t16?,17?,18?,20-,21-,22+;/m1./s1. The quantitative estimate of drug-likeness (QED) is 0.656. The average Bonchev–Trinajstić information content (AvgIpc) is 2.86. The Balaban J connectivity index is 0.00000210. The minimum Gasteiger partial charge on any atom is -0.550 e. The fourth-order valence-electron chi connectivity index (χ4n) is 6.83. The van der Waals surface area contributed by atoms with E-state index < -0.39 is 11.6 Å². The number of allylic oxidation sites excluding steroid dienone is 4. The largest absolute Gasteiger partial charge is 1.00 e. The van der Waals surface area contributed by atoms with E-state index in [-0.39, 0.29) is 74.4 Å². The SMILES string of the molecule is C[C@@]12CCC(=O)C=C1C=CC1C2CC[C@]2(C)C1CC[C@]2(O)CCC(=O)[O-].[K+]. The molecule has 4 aliphatic carbocycles. The van der Waals surface area contributed by atoms with Gasteiger partial charge in [-0.25, -0.2) is 0 Å². The number of carbonyl (C=O) groups is 2. The molecule has 2 fully saturated rings. The molecule has 1 N–H and O–H groups in total. The normalized spacial score (nSPS) is 45.2. The Morgan fingerprint density at radius 2 is 1.93 bits per heavy atom. The summed E-state index contributed by atoms with van der Waals surface area (Å²) in [5.74, 6) is 0.444. The number of carboxylic acids is 1. The second-order valence-electron chi connectivity index (χ2n) is 9.53. The summed E-state index contributed by atoms with van der Waals surface area (Å²) in [6.07, 6.45) is 11.6. The van der Waals surface area contributed by atoms with E-state index in [0.717, 1.165) is 25.7 Å². The summed E-state index contributed by atoms with van der Waals surface area (Å²) in [5, 5.41) is 22.3. The van der Waals surface area contributed by atoms with Gasteiger partial charge in [0.2, 0.25) is 0 Å². The third kappa shape index (κ3) is 3.30. The van der Waals surface area contributed by atoms with Crippen molar-refractivity contribution < 1.29 is 71.2 Å². The Morgan fingerprint density at radius 1 is 1.22 bits per heavy atom. The monoisotopic (exact) mass is 396 g/mol. The van der Waals surface area contributed by atoms with Gasteiger partial charge in [0.05, 0.1) is 5.60 Å². The number of ketones is 1. The Hall–Kier alpha value is 0.216. The predicted octanol–water partition coefficient (Wildman–Crippen LogP) is -0.440. The zero-order valence-corrected chi connectivity index (χ0v) is 19.9. The van der Waals surface area contributed by atoms with Crippen LogP contribution in [-0.2, 0) is 9.59 Å². The van der Waals surface area contributed by atoms with E-state index >= 15 is 0 Å². The summed E-state index contributed by atoms with van der Waals surface area (Å²) < 4.78 is 0. The topological polar surface area (TPSA) is 77.4 Å². The van der Waals surface area contributed by atoms with E-state index in [1.54, 1.807) is 0 Å². The second kappa shape index (κ2) is 7.48. The van der Waals surface area contributed by atoms with Crippen molar-refractivity contribution >= 4 is 11.8 Å². The molecule has 2 saturated carbocycles. The van der Waals surface area contributed by atoms with Crippen molar-refractivity contribution in [3.8, 4) is 0 Å². The van der Waals surface area contributed by atoms with Crippen LogP contribution in [-0.4, -0.2) is 22.5 Å². The first-order valence-electron chi connectivity index (χ1n) is 10.1. The maximum atomic E-state index is 11.9. The molecule has 142 valence electrons. The van der Waals surface area contributed by atoms with Gasteiger partial charge in [0.15, 0.2) is 5.78 Å². The number of rotatable bonds is 3. The number of aliphatic carboxylic acids is 1. The van der Waals surface area contributed by atoms with Crippen molar-refractivity contribution in [2.24, 2.45) is 28.6 Å². The van der Waals surface area contributed by atoms with Crippen molar-refractivity contribution in [3.63, 3.8) is 0 Å². The first-order valence-corrected chi connectivity index (χ1v) is 10.1. The smallest absolute Gasteiger partial charge is 0.550 e. The summed E-state index contributed by atoms with van der Waals surface area (Å²) in [7, 11) is 0. The van der Waals surface area contributed by atoms with Crippen LogP contribution >= 0.6 is 0 Å². The Morgan fingerprint density at radius 3 is 2.63 bits per heavy atom. The maximum Gasteiger partial charge on any atom is 1.00 e. The molecule has 0 spiro atoms. The van der Waals surface area contributed by atoms with Crippen LogP contribution in [0.5, 0.6) is 0 Å². The van der Waals surface area contributed by atoms with Crippen LogP contribution in [0.15, 0.2) is 23.8 Å². The van der Waals surface area contributed by atoms with E-state index in [4.69, 9.17) is 0 Å². The molecular formula is C22H29KO4. The maximum absolute atomic E-state index is 11.9. The summed E-state index contributed by atoms with van der Waals surface area (Å²) >= 11 is 0. The van der Waals surface area contributed by atoms with Gasteiger partial charge in [-0.2, -0.15) is 0 Å². The van der Waals surface area contributed by atoms with Gasteiger partial charge in [-0.05, 0) is 85.2 Å². The number of carbonyl (C=O) groups excluding carboxylic acids is 2. The molecule has 3 unspecified atom stereocenters. The van der Waals surface area contributed by atoms with Crippen molar-refractivity contribution in [1.29, 1.82) is 0 Å². The van der Waals surface area contributed by atoms with Crippen molar-refractivity contribution in [2.45, 2.75) is 70.8 Å². The summed E-state index contributed by atoms with van der Waals surface area (Å²) in [5.41, 5.74) is 0.0933. The number of fused-ring (bicyclic) bond motifs is 5. The van der Waals surface area contributed by atoms with E-state index in [1.165, 1.54) is 5.57 Å². The van der Waals surface area contributed by atoms with Crippen LogP contribution in [0.3, 0.4) is 0 Å². The molecular weight excluding hydrogens is 367 g/mol. The minimum absolute atomic E-state index is 0. The number of carboxylic acid groups (broad SMARTS) is 1. The molecule has 27 heavy (non-hydrogen) atoms. The molecule has 0 radical (unpaired) electrons. The number of hydrogen-bond acceptors (Lipinski definition) is 4. The minimum atomic E-state index is -1.08. The third-order valence-corrected chi connectivity index (χ3v) is 8.58. The molecule has 5 heteroatoms. The molecule has 0 saturated heterocycles. The van der Waals surface area contributed by atoms with Crippen LogP contribution in [0, 0.1) is 28.6 Å². The van der Waals surface area contributed by atoms with Gasteiger partial charge in [-0.15, -0.1) is 0 Å². The zero-order valence-electron chi connectivity index (χ0n) is 16.8. The second-order valence-corrected chi connectivity index (χ2v) is 9.53. The molecule has 0 aliphatic heterocycles. The fourth-order valence-corrected chi connectivity index (χ4v) is 6.83. The van der Waals surface area contributed by atoms with E-state index in [2.05, 4.69) is 26.0 Å². The first kappa shape index (κ1) is 21.9. The van der Waals surface area contributed by atoms with Gasteiger partial charge in [-0.3, -0.25) is 4.79 Å². The Bertz CT molecular complexity index is 713. The van der Waals surface area contributed by atoms with Crippen molar-refractivity contribution in [3.05, 3.63) is 23.8 Å². The average molecular weight is 397 g/mol. The molecule has 4 nitrogen and oxygen atoms in total. The molecule has 0 heterocycles. The first-order chi connectivity index (χ1) is 12.2. The summed E-state index contributed by atoms with van der Waals surface area (Å²) in [6, 6.07) is 0. The molecule has 0 aromatic rings. The Kier molecular flexibility index (Phi) is 6.07. The molecule has 0 aromatic carbocycles. The van der Waals surface area contributed by atoms with Gasteiger partial charge in [0.1, 0.15) is 0 Å². The molecule has 6 atom stereocenters. The van der Waals surface area contributed by atoms with Gasteiger partial charge in [-0.1, -0.05) is 26.0 Å². The van der Waals surface area contributed by atoms with Gasteiger partial charge in [0.25, 0.3) is 0 Å². The third-order valence-electron chi connectivity index (χ3n) is 8.58. The van der Waals surface area contributed by atoms with Crippen LogP contribution in [0.2, 0.25) is 0 Å². The molecule has 4 aliphatic rings. The summed E-state index contributed by atoms with van der Waals surface area (Å²) in [4.78, 5) is 22.8. The van der Waals surface area contributed by atoms with Crippen LogP contribution in [0.1, 0.15) is 65.2 Å². The predicted molar refractivity (Wildman–Crippen MR) is 95.8 cm³/mol. The van der Waals surface area contributed by atoms with Gasteiger partial charge < -0.3 is 15.0 Å². The summed E-state index contributed by atoms with van der Waals surface area (Å²) in [6.45, 7) is 4.48. The van der Waals surface area contributed by atoms with Crippen LogP contribution in [0.25, 0.3) is 0 Å². The van der Waals surface area contributed by atoms with E-state index in [1.807, 2.05) is 6.08 Å². The zero-order chi connectivity index (χ0) is 18.7. The number of hydrogen-bond donors (Lipinski definition) is 1. The van der Waals surface area contributed by atoms with Crippen molar-refractivity contribution in [1.82, 2.24) is 0 Å². The van der Waals surface area contributed by atoms with Gasteiger partial charge in [0, 0.05) is 12.4 Å². The Labute approximate surface area is 204 Å². The van der Waals surface area contributed by atoms with E-state index in [0.29, 0.717) is 37.0 Å². The van der Waals surface area contributed by atoms with Gasteiger partial charge >= 0.3 is 51.4 Å². The number of aliphatic hydroxyl groups is 1. The van der Waals surface area contributed by atoms with E-state index in [9.17, 15) is 19.8 Å². The van der Waals surface area contributed by atoms with Crippen LogP contribution < -0.4 is 56.5 Å². The molecule has 0 aromatic heterocycles. The molecule has 0 bridgehead atoms. The van der Waals surface area contributed by atoms with Crippen molar-refractivity contribution in [2.75, 3.05) is 0 Å². The molecule has 4 rings (SSSR count).